The van der Waals surface area contributed by atoms with E-state index in [0.29, 0.717) is 0 Å². The first-order valence-corrected chi connectivity index (χ1v) is 6.00. The van der Waals surface area contributed by atoms with Gasteiger partial charge >= 0.3 is 0 Å². The minimum absolute atomic E-state index is 0.867. The molecule has 0 spiro atoms. The minimum Gasteiger partial charge on any atom is -0.249 e. The van der Waals surface area contributed by atoms with Crippen molar-refractivity contribution in [2.45, 2.75) is 0 Å². The molecule has 0 bridgehead atoms. The monoisotopic (exact) mass is 359 g/mol. The van der Waals surface area contributed by atoms with Gasteiger partial charge in [-0.2, -0.15) is 0 Å². The molecule has 0 radical (unpaired) electrons. The molecule has 0 aliphatic heterocycles. The van der Waals surface area contributed by atoms with Gasteiger partial charge in [0.1, 0.15) is 4.60 Å². The fraction of sp³-hybridized carbons (Fsp3) is 0. The van der Waals surface area contributed by atoms with E-state index in [1.807, 2.05) is 12.3 Å². The van der Waals surface area contributed by atoms with Gasteiger partial charge in [-0.25, -0.2) is 4.98 Å². The Morgan fingerprint density at radius 1 is 0.929 bits per heavy atom. The van der Waals surface area contributed by atoms with Crippen molar-refractivity contribution in [3.63, 3.8) is 0 Å². The average Bonchev–Trinajstić information content (AvgIpc) is 2.21. The topological polar surface area (TPSA) is 12.9 Å². The van der Waals surface area contributed by atoms with Crippen LogP contribution in [0.5, 0.6) is 0 Å². The van der Waals surface area contributed by atoms with E-state index in [1.165, 1.54) is 9.13 Å². The summed E-state index contributed by atoms with van der Waals surface area (Å²) in [5, 5.41) is 0. The highest BCUT2D eigenvalue weighted by Gasteiger charge is 1.97. The molecular weight excluding hydrogens is 353 g/mol. The summed E-state index contributed by atoms with van der Waals surface area (Å²) in [6.45, 7) is 0. The second-order valence-electron chi connectivity index (χ2n) is 2.88. The fourth-order valence-electron chi connectivity index (χ4n) is 1.19. The van der Waals surface area contributed by atoms with Gasteiger partial charge in [-0.1, -0.05) is 18.2 Å². The molecule has 0 N–H and O–H groups in total. The second-order valence-corrected chi connectivity index (χ2v) is 4.93. The fourth-order valence-corrected chi connectivity index (χ4v) is 1.78. The number of pyridine rings is 1. The summed E-state index contributed by atoms with van der Waals surface area (Å²) in [6.07, 6.45) is 1.87. The van der Waals surface area contributed by atoms with Crippen LogP contribution in [0.2, 0.25) is 0 Å². The van der Waals surface area contributed by atoms with Crippen LogP contribution in [0.25, 0.3) is 11.1 Å². The maximum atomic E-state index is 4.19. The summed E-state index contributed by atoms with van der Waals surface area (Å²) in [7, 11) is 0. The molecule has 1 aromatic heterocycles. The first-order valence-electron chi connectivity index (χ1n) is 4.13. The maximum Gasteiger partial charge on any atom is 0.106 e. The Hall–Kier alpha value is -0.420. The van der Waals surface area contributed by atoms with Gasteiger partial charge in [-0.05, 0) is 62.3 Å². The molecule has 3 heteroatoms. The zero-order chi connectivity index (χ0) is 9.97. The van der Waals surface area contributed by atoms with Crippen molar-refractivity contribution >= 4 is 38.5 Å². The van der Waals surface area contributed by atoms with Crippen LogP contribution in [0.4, 0.5) is 0 Å². The lowest BCUT2D eigenvalue weighted by atomic mass is 10.1. The van der Waals surface area contributed by atoms with Crippen LogP contribution in [-0.4, -0.2) is 4.98 Å². The van der Waals surface area contributed by atoms with Crippen LogP contribution in [-0.2, 0) is 0 Å². The Labute approximate surface area is 105 Å². The number of halogens is 2. The molecule has 0 aliphatic rings. The van der Waals surface area contributed by atoms with Crippen LogP contribution in [0.3, 0.4) is 0 Å². The number of benzene rings is 1. The van der Waals surface area contributed by atoms with E-state index in [4.69, 9.17) is 0 Å². The Bertz CT molecular complexity index is 379. The van der Waals surface area contributed by atoms with Crippen LogP contribution in [0.1, 0.15) is 0 Å². The highest BCUT2D eigenvalue weighted by Crippen LogP contribution is 2.20. The Kier molecular flexibility index (Phi) is 3.18. The molecule has 0 saturated heterocycles. The molecule has 0 unspecified atom stereocenters. The smallest absolute Gasteiger partial charge is 0.106 e. The number of nitrogens with zero attached hydrogens (tertiary/aromatic N) is 1. The lowest BCUT2D eigenvalue weighted by molar-refractivity contribution is 1.28. The van der Waals surface area contributed by atoms with Crippen LogP contribution >= 0.6 is 38.5 Å². The molecular formula is C11H7BrIN. The number of hydrogen-bond donors (Lipinski definition) is 0. The number of aromatic nitrogens is 1. The van der Waals surface area contributed by atoms with E-state index in [0.717, 1.165) is 10.2 Å². The standard InChI is InChI=1S/C11H7BrIN/c12-11-6-3-9(7-14-11)8-1-4-10(13)5-2-8/h1-7H. The summed E-state index contributed by atoms with van der Waals surface area (Å²) in [4.78, 5) is 4.19. The largest absolute Gasteiger partial charge is 0.249 e. The lowest BCUT2D eigenvalue weighted by Crippen LogP contribution is -1.80. The second kappa shape index (κ2) is 4.40. The molecule has 0 fully saturated rings. The predicted molar refractivity (Wildman–Crippen MR) is 70.1 cm³/mol. The van der Waals surface area contributed by atoms with Crippen LogP contribution in [0.15, 0.2) is 47.2 Å². The van der Waals surface area contributed by atoms with Gasteiger partial charge in [-0.3, -0.25) is 0 Å². The van der Waals surface area contributed by atoms with E-state index in [2.05, 4.69) is 73.8 Å². The SMILES string of the molecule is Brc1ccc(-c2ccc(I)cc2)cn1. The predicted octanol–water partition coefficient (Wildman–Crippen LogP) is 4.12. The summed E-state index contributed by atoms with van der Waals surface area (Å²) >= 11 is 5.62. The van der Waals surface area contributed by atoms with Gasteiger partial charge in [0.25, 0.3) is 0 Å². The third-order valence-electron chi connectivity index (χ3n) is 1.90. The quantitative estimate of drug-likeness (QED) is 0.551. The van der Waals surface area contributed by atoms with Crippen molar-refractivity contribution in [1.29, 1.82) is 0 Å². The highest BCUT2D eigenvalue weighted by molar-refractivity contribution is 14.1. The number of rotatable bonds is 1. The third-order valence-corrected chi connectivity index (χ3v) is 3.09. The molecule has 0 saturated carbocycles. The average molecular weight is 360 g/mol. The Balaban J connectivity index is 2.40. The first-order chi connectivity index (χ1) is 6.75. The van der Waals surface area contributed by atoms with Gasteiger partial charge in [0.05, 0.1) is 0 Å². The molecule has 14 heavy (non-hydrogen) atoms. The summed E-state index contributed by atoms with van der Waals surface area (Å²) in [5.41, 5.74) is 2.34. The number of hydrogen-bond acceptors (Lipinski definition) is 1. The molecule has 1 heterocycles. The molecule has 1 aromatic carbocycles. The summed E-state index contributed by atoms with van der Waals surface area (Å²) < 4.78 is 2.11. The van der Waals surface area contributed by atoms with Crippen molar-refractivity contribution in [2.75, 3.05) is 0 Å². The van der Waals surface area contributed by atoms with Crippen molar-refractivity contribution in [3.8, 4) is 11.1 Å². The molecule has 1 nitrogen and oxygen atoms in total. The zero-order valence-electron chi connectivity index (χ0n) is 7.24. The van der Waals surface area contributed by atoms with Crippen molar-refractivity contribution in [1.82, 2.24) is 4.98 Å². The minimum atomic E-state index is 0.867. The van der Waals surface area contributed by atoms with Crippen molar-refractivity contribution < 1.29 is 0 Å². The van der Waals surface area contributed by atoms with E-state index < -0.39 is 0 Å². The van der Waals surface area contributed by atoms with E-state index >= 15 is 0 Å². The normalized spacial score (nSPS) is 10.1. The van der Waals surface area contributed by atoms with Gasteiger partial charge in [0.2, 0.25) is 0 Å². The first kappa shape index (κ1) is 10.1. The zero-order valence-corrected chi connectivity index (χ0v) is 11.0. The molecule has 0 atom stereocenters. The maximum absolute atomic E-state index is 4.19. The van der Waals surface area contributed by atoms with Crippen molar-refractivity contribution in [2.24, 2.45) is 0 Å². The molecule has 70 valence electrons. The van der Waals surface area contributed by atoms with Crippen LogP contribution < -0.4 is 0 Å². The Morgan fingerprint density at radius 3 is 2.14 bits per heavy atom. The molecule has 2 aromatic rings. The van der Waals surface area contributed by atoms with Gasteiger partial charge in [0.15, 0.2) is 0 Å². The molecule has 0 amide bonds. The third kappa shape index (κ3) is 2.33. The van der Waals surface area contributed by atoms with Crippen molar-refractivity contribution in [3.05, 3.63) is 50.8 Å². The van der Waals surface area contributed by atoms with Gasteiger partial charge in [-0.15, -0.1) is 0 Å². The van der Waals surface area contributed by atoms with Crippen LogP contribution in [0, 0.1) is 3.57 Å². The Morgan fingerprint density at radius 2 is 1.57 bits per heavy atom. The summed E-state index contributed by atoms with van der Waals surface area (Å²) in [5.74, 6) is 0. The van der Waals surface area contributed by atoms with E-state index in [9.17, 15) is 0 Å². The van der Waals surface area contributed by atoms with Gasteiger partial charge < -0.3 is 0 Å². The molecule has 2 rings (SSSR count). The summed E-state index contributed by atoms with van der Waals surface area (Å²) in [6, 6.07) is 12.4. The molecule has 0 aliphatic carbocycles. The van der Waals surface area contributed by atoms with E-state index in [1.54, 1.807) is 0 Å². The highest BCUT2D eigenvalue weighted by atomic mass is 127. The van der Waals surface area contributed by atoms with E-state index in [-0.39, 0.29) is 0 Å². The lowest BCUT2D eigenvalue weighted by Gasteiger charge is -2.00. The van der Waals surface area contributed by atoms with Gasteiger partial charge in [0, 0.05) is 15.3 Å².